The standard InChI is InChI=1S/C21H19N3O4S/c1-13(2)11-12-24-16-9-5-3-7-14(16)19(25)18(21(24)26)20-22-15-8-4-6-10-17(15)29(27,28)23-20/h3-11,25H,12H2,1-2H3,(H,22,23). The van der Waals surface area contributed by atoms with Crippen molar-refractivity contribution in [2.24, 2.45) is 4.99 Å². The van der Waals surface area contributed by atoms with Crippen LogP contribution < -0.4 is 10.3 Å². The van der Waals surface area contributed by atoms with E-state index in [1.807, 2.05) is 19.9 Å². The van der Waals surface area contributed by atoms with Gasteiger partial charge in [0.2, 0.25) is 0 Å². The Morgan fingerprint density at radius 2 is 1.83 bits per heavy atom. The summed E-state index contributed by atoms with van der Waals surface area (Å²) in [6.45, 7) is 4.13. The normalized spacial score (nSPS) is 14.6. The largest absolute Gasteiger partial charge is 0.506 e. The first-order chi connectivity index (χ1) is 13.8. The zero-order valence-corrected chi connectivity index (χ0v) is 16.7. The highest BCUT2D eigenvalue weighted by Crippen LogP contribution is 2.31. The molecule has 2 heterocycles. The fraction of sp³-hybridized carbons (Fsp3) is 0.143. The minimum atomic E-state index is -3.92. The van der Waals surface area contributed by atoms with E-state index in [0.717, 1.165) is 5.57 Å². The number of hydrogen-bond acceptors (Lipinski definition) is 5. The van der Waals surface area contributed by atoms with Crippen LogP contribution >= 0.6 is 0 Å². The van der Waals surface area contributed by atoms with Crippen molar-refractivity contribution in [3.8, 4) is 5.75 Å². The lowest BCUT2D eigenvalue weighted by atomic mass is 10.1. The minimum Gasteiger partial charge on any atom is -0.506 e. The Kier molecular flexibility index (Phi) is 4.50. The lowest BCUT2D eigenvalue weighted by molar-refractivity contribution is 0.477. The SMILES string of the molecule is CC(C)=CCn1c(=O)c(C2=Nc3ccccc3S(=O)(=O)N2)c(O)c2ccccc21. The number of aromatic hydroxyl groups is 1. The van der Waals surface area contributed by atoms with Crippen LogP contribution in [0.15, 0.2) is 74.9 Å². The minimum absolute atomic E-state index is 0.0221. The molecule has 0 fully saturated rings. The van der Waals surface area contributed by atoms with Gasteiger partial charge in [-0.1, -0.05) is 35.9 Å². The van der Waals surface area contributed by atoms with Crippen molar-refractivity contribution in [3.05, 3.63) is 76.1 Å². The van der Waals surface area contributed by atoms with Crippen LogP contribution in [0, 0.1) is 0 Å². The van der Waals surface area contributed by atoms with Crippen molar-refractivity contribution in [2.75, 3.05) is 0 Å². The Labute approximate surface area is 167 Å². The van der Waals surface area contributed by atoms with Crippen LogP contribution in [0.5, 0.6) is 5.75 Å². The van der Waals surface area contributed by atoms with Crippen molar-refractivity contribution in [2.45, 2.75) is 25.3 Å². The zero-order valence-electron chi connectivity index (χ0n) is 15.9. The van der Waals surface area contributed by atoms with Crippen molar-refractivity contribution in [3.63, 3.8) is 0 Å². The first kappa shape index (κ1) is 18.9. The third-order valence-corrected chi connectivity index (χ3v) is 6.07. The fourth-order valence-electron chi connectivity index (χ4n) is 3.27. The van der Waals surface area contributed by atoms with Crippen LogP contribution in [0.4, 0.5) is 5.69 Å². The average Bonchev–Trinajstić information content (AvgIpc) is 2.67. The molecule has 29 heavy (non-hydrogen) atoms. The molecule has 0 amide bonds. The maximum atomic E-state index is 13.3. The molecule has 0 unspecified atom stereocenters. The molecule has 0 saturated carbocycles. The lowest BCUT2D eigenvalue weighted by Gasteiger charge is -2.20. The van der Waals surface area contributed by atoms with E-state index in [2.05, 4.69) is 9.71 Å². The molecule has 4 rings (SSSR count). The number of amidine groups is 1. The molecule has 0 aliphatic carbocycles. The highest BCUT2D eigenvalue weighted by Gasteiger charge is 2.30. The van der Waals surface area contributed by atoms with E-state index in [0.29, 0.717) is 10.9 Å². The van der Waals surface area contributed by atoms with Gasteiger partial charge in [-0.3, -0.25) is 9.52 Å². The average molecular weight is 409 g/mol. The maximum absolute atomic E-state index is 13.3. The zero-order chi connectivity index (χ0) is 20.8. The van der Waals surface area contributed by atoms with Crippen LogP contribution in [0.2, 0.25) is 0 Å². The Balaban J connectivity index is 2.04. The number of benzene rings is 2. The summed E-state index contributed by atoms with van der Waals surface area (Å²) >= 11 is 0. The summed E-state index contributed by atoms with van der Waals surface area (Å²) in [5, 5.41) is 11.3. The van der Waals surface area contributed by atoms with Gasteiger partial charge in [0.15, 0.2) is 5.84 Å². The molecule has 8 heteroatoms. The molecule has 0 spiro atoms. The van der Waals surface area contributed by atoms with Gasteiger partial charge in [-0.2, -0.15) is 0 Å². The summed E-state index contributed by atoms with van der Waals surface area (Å²) in [4.78, 5) is 17.6. The van der Waals surface area contributed by atoms with Gasteiger partial charge >= 0.3 is 0 Å². The molecule has 7 nitrogen and oxygen atoms in total. The molecular weight excluding hydrogens is 390 g/mol. The van der Waals surface area contributed by atoms with Crippen molar-refractivity contribution in [1.82, 2.24) is 9.29 Å². The summed E-state index contributed by atoms with van der Waals surface area (Å²) in [6, 6.07) is 13.2. The number of aromatic nitrogens is 1. The van der Waals surface area contributed by atoms with Crippen LogP contribution in [-0.4, -0.2) is 23.9 Å². The first-order valence-electron chi connectivity index (χ1n) is 8.98. The number of fused-ring (bicyclic) bond motifs is 2. The molecule has 0 bridgehead atoms. The first-order valence-corrected chi connectivity index (χ1v) is 10.5. The summed E-state index contributed by atoms with van der Waals surface area (Å²) in [5.74, 6) is -0.497. The van der Waals surface area contributed by atoms with E-state index in [4.69, 9.17) is 0 Å². The number of allylic oxidation sites excluding steroid dienone is 2. The number of hydrogen-bond donors (Lipinski definition) is 2. The summed E-state index contributed by atoms with van der Waals surface area (Å²) in [6.07, 6.45) is 1.89. The predicted molar refractivity (Wildman–Crippen MR) is 112 cm³/mol. The van der Waals surface area contributed by atoms with Gasteiger partial charge in [0, 0.05) is 11.9 Å². The van der Waals surface area contributed by atoms with E-state index >= 15 is 0 Å². The Bertz CT molecular complexity index is 1360. The van der Waals surface area contributed by atoms with E-state index in [-0.39, 0.29) is 34.3 Å². The Hall–Kier alpha value is -3.39. The molecule has 1 aliphatic rings. The van der Waals surface area contributed by atoms with Crippen molar-refractivity contribution >= 4 is 32.4 Å². The highest BCUT2D eigenvalue weighted by atomic mass is 32.2. The predicted octanol–water partition coefficient (Wildman–Crippen LogP) is 3.04. The number of rotatable bonds is 3. The van der Waals surface area contributed by atoms with Crippen LogP contribution in [-0.2, 0) is 16.6 Å². The topological polar surface area (TPSA) is 101 Å². The third-order valence-electron chi connectivity index (χ3n) is 4.68. The molecule has 2 N–H and O–H groups in total. The molecule has 3 aromatic rings. The summed E-state index contributed by atoms with van der Waals surface area (Å²) < 4.78 is 29.1. The summed E-state index contributed by atoms with van der Waals surface area (Å²) in [5.41, 5.74) is 1.09. The van der Waals surface area contributed by atoms with Gasteiger partial charge in [-0.15, -0.1) is 0 Å². The van der Waals surface area contributed by atoms with Gasteiger partial charge in [0.1, 0.15) is 16.2 Å². The van der Waals surface area contributed by atoms with Crippen molar-refractivity contribution < 1.29 is 13.5 Å². The Morgan fingerprint density at radius 1 is 1.14 bits per heavy atom. The van der Waals surface area contributed by atoms with E-state index in [1.54, 1.807) is 42.5 Å². The van der Waals surface area contributed by atoms with Gasteiger partial charge in [0.05, 0.1) is 11.2 Å². The lowest BCUT2D eigenvalue weighted by Crippen LogP contribution is -2.39. The molecule has 2 aromatic carbocycles. The monoisotopic (exact) mass is 409 g/mol. The molecule has 148 valence electrons. The fourth-order valence-corrected chi connectivity index (χ4v) is 4.43. The number of aliphatic imine (C=N–C) groups is 1. The highest BCUT2D eigenvalue weighted by molar-refractivity contribution is 7.90. The van der Waals surface area contributed by atoms with Crippen LogP contribution in [0.25, 0.3) is 10.9 Å². The number of nitrogens with zero attached hydrogens (tertiary/aromatic N) is 2. The number of sulfonamides is 1. The summed E-state index contributed by atoms with van der Waals surface area (Å²) in [7, 11) is -3.92. The van der Waals surface area contributed by atoms with E-state index < -0.39 is 15.6 Å². The van der Waals surface area contributed by atoms with E-state index in [9.17, 15) is 18.3 Å². The molecule has 0 saturated heterocycles. The molecule has 1 aliphatic heterocycles. The Morgan fingerprint density at radius 3 is 2.59 bits per heavy atom. The molecule has 1 aromatic heterocycles. The van der Waals surface area contributed by atoms with Gasteiger partial charge in [0.25, 0.3) is 15.6 Å². The van der Waals surface area contributed by atoms with Gasteiger partial charge in [-0.25, -0.2) is 13.4 Å². The molecular formula is C21H19N3O4S. The van der Waals surface area contributed by atoms with Crippen LogP contribution in [0.1, 0.15) is 19.4 Å². The maximum Gasteiger partial charge on any atom is 0.266 e. The second kappa shape index (κ2) is 6.89. The van der Waals surface area contributed by atoms with Crippen molar-refractivity contribution in [1.29, 1.82) is 0 Å². The number of nitrogens with one attached hydrogen (secondary N) is 1. The number of pyridine rings is 1. The van der Waals surface area contributed by atoms with E-state index in [1.165, 1.54) is 10.6 Å². The second-order valence-electron chi connectivity index (χ2n) is 6.97. The van der Waals surface area contributed by atoms with Gasteiger partial charge < -0.3 is 9.67 Å². The van der Waals surface area contributed by atoms with Crippen LogP contribution in [0.3, 0.4) is 0 Å². The number of para-hydroxylation sites is 2. The third kappa shape index (κ3) is 3.21. The quantitative estimate of drug-likeness (QED) is 0.649. The second-order valence-corrected chi connectivity index (χ2v) is 8.62. The van der Waals surface area contributed by atoms with Gasteiger partial charge in [-0.05, 0) is 38.1 Å². The molecule has 0 atom stereocenters. The molecule has 0 radical (unpaired) electrons. The smallest absolute Gasteiger partial charge is 0.266 e.